The molecular formula is C20H23N3O3. The molecule has 0 saturated carbocycles. The predicted molar refractivity (Wildman–Crippen MR) is 98.7 cm³/mol. The van der Waals surface area contributed by atoms with Crippen molar-refractivity contribution in [3.05, 3.63) is 65.7 Å². The molecule has 2 N–H and O–H groups in total. The van der Waals surface area contributed by atoms with Crippen molar-refractivity contribution in [1.82, 2.24) is 15.5 Å². The minimum Gasteiger partial charge on any atom is -0.497 e. The summed E-state index contributed by atoms with van der Waals surface area (Å²) in [5.74, 6) is 0.713. The largest absolute Gasteiger partial charge is 0.497 e. The number of hydrogen-bond acceptors (Lipinski definition) is 3. The molecule has 0 aliphatic carbocycles. The number of amides is 3. The summed E-state index contributed by atoms with van der Waals surface area (Å²) in [6.45, 7) is 1.32. The molecule has 0 radical (unpaired) electrons. The number of carbonyl (C=O) groups is 2. The van der Waals surface area contributed by atoms with Crippen molar-refractivity contribution in [3.8, 4) is 5.75 Å². The summed E-state index contributed by atoms with van der Waals surface area (Å²) in [4.78, 5) is 26.5. The summed E-state index contributed by atoms with van der Waals surface area (Å²) in [6, 6.07) is 16.8. The normalized spacial score (nSPS) is 17.2. The van der Waals surface area contributed by atoms with Gasteiger partial charge in [0.15, 0.2) is 0 Å². The van der Waals surface area contributed by atoms with Crippen LogP contribution in [0.4, 0.5) is 4.79 Å². The number of rotatable bonds is 4. The maximum Gasteiger partial charge on any atom is 0.318 e. The fourth-order valence-corrected chi connectivity index (χ4v) is 3.11. The zero-order valence-electron chi connectivity index (χ0n) is 14.8. The van der Waals surface area contributed by atoms with Crippen LogP contribution in [0.1, 0.15) is 23.6 Å². The average Bonchev–Trinajstić information content (AvgIpc) is 2.88. The Hall–Kier alpha value is -3.02. The fraction of sp³-hybridized carbons (Fsp3) is 0.300. The molecule has 1 heterocycles. The van der Waals surface area contributed by atoms with E-state index in [0.717, 1.165) is 16.9 Å². The van der Waals surface area contributed by atoms with Gasteiger partial charge in [0, 0.05) is 19.6 Å². The van der Waals surface area contributed by atoms with Crippen molar-refractivity contribution in [3.63, 3.8) is 0 Å². The average molecular weight is 353 g/mol. The van der Waals surface area contributed by atoms with Gasteiger partial charge in [-0.05, 0) is 23.3 Å². The molecule has 0 aromatic heterocycles. The van der Waals surface area contributed by atoms with Gasteiger partial charge < -0.3 is 20.3 Å². The Labute approximate surface area is 153 Å². The van der Waals surface area contributed by atoms with Crippen molar-refractivity contribution in [1.29, 1.82) is 0 Å². The zero-order chi connectivity index (χ0) is 18.4. The molecule has 1 atom stereocenters. The second kappa shape index (κ2) is 8.38. The van der Waals surface area contributed by atoms with E-state index >= 15 is 0 Å². The van der Waals surface area contributed by atoms with Gasteiger partial charge in [-0.25, -0.2) is 4.79 Å². The number of benzene rings is 2. The number of carbonyl (C=O) groups excluding carboxylic acids is 2. The van der Waals surface area contributed by atoms with Crippen LogP contribution in [0.5, 0.6) is 5.75 Å². The highest BCUT2D eigenvalue weighted by molar-refractivity contribution is 5.80. The lowest BCUT2D eigenvalue weighted by molar-refractivity contribution is -0.121. The van der Waals surface area contributed by atoms with E-state index in [2.05, 4.69) is 10.6 Å². The molecule has 1 fully saturated rings. The molecule has 2 aromatic carbocycles. The molecule has 3 rings (SSSR count). The first kappa shape index (κ1) is 17.8. The number of urea groups is 1. The van der Waals surface area contributed by atoms with Crippen LogP contribution in [0, 0.1) is 0 Å². The van der Waals surface area contributed by atoms with Crippen molar-refractivity contribution in [2.75, 3.05) is 20.2 Å². The molecule has 0 bridgehead atoms. The Morgan fingerprint density at radius 2 is 2.04 bits per heavy atom. The Balaban J connectivity index is 1.73. The molecular weight excluding hydrogens is 330 g/mol. The van der Waals surface area contributed by atoms with E-state index in [1.54, 1.807) is 12.0 Å². The van der Waals surface area contributed by atoms with Gasteiger partial charge in [0.2, 0.25) is 5.91 Å². The predicted octanol–water partition coefficient (Wildman–Crippen LogP) is 2.47. The smallest absolute Gasteiger partial charge is 0.318 e. The third-order valence-electron chi connectivity index (χ3n) is 4.45. The van der Waals surface area contributed by atoms with Crippen molar-refractivity contribution in [2.24, 2.45) is 0 Å². The van der Waals surface area contributed by atoms with Gasteiger partial charge in [-0.15, -0.1) is 0 Å². The first-order valence-corrected chi connectivity index (χ1v) is 8.66. The highest BCUT2D eigenvalue weighted by atomic mass is 16.5. The first-order chi connectivity index (χ1) is 12.7. The van der Waals surface area contributed by atoms with Crippen LogP contribution in [0.25, 0.3) is 0 Å². The lowest BCUT2D eigenvalue weighted by Crippen LogP contribution is -2.43. The van der Waals surface area contributed by atoms with Gasteiger partial charge >= 0.3 is 6.03 Å². The summed E-state index contributed by atoms with van der Waals surface area (Å²) in [5, 5.41) is 5.80. The van der Waals surface area contributed by atoms with Gasteiger partial charge in [-0.2, -0.15) is 0 Å². The Morgan fingerprint density at radius 1 is 1.23 bits per heavy atom. The summed E-state index contributed by atoms with van der Waals surface area (Å²) in [5.41, 5.74) is 1.92. The molecule has 6 heteroatoms. The molecule has 3 amide bonds. The molecule has 0 spiro atoms. The molecule has 6 nitrogen and oxygen atoms in total. The van der Waals surface area contributed by atoms with E-state index in [1.807, 2.05) is 54.6 Å². The number of hydrogen-bond donors (Lipinski definition) is 2. The van der Waals surface area contributed by atoms with Crippen molar-refractivity contribution >= 4 is 11.9 Å². The number of nitrogens with one attached hydrogen (secondary N) is 2. The minimum absolute atomic E-state index is 0.0399. The topological polar surface area (TPSA) is 70.7 Å². The number of methoxy groups -OCH3 is 1. The summed E-state index contributed by atoms with van der Waals surface area (Å²) in [7, 11) is 1.61. The van der Waals surface area contributed by atoms with Gasteiger partial charge in [-0.1, -0.05) is 42.5 Å². The van der Waals surface area contributed by atoms with Gasteiger partial charge in [0.05, 0.1) is 19.6 Å². The lowest BCUT2D eigenvalue weighted by Gasteiger charge is -2.29. The van der Waals surface area contributed by atoms with Gasteiger partial charge in [0.1, 0.15) is 5.75 Å². The first-order valence-electron chi connectivity index (χ1n) is 8.66. The van der Waals surface area contributed by atoms with Crippen LogP contribution in [-0.4, -0.2) is 37.0 Å². The third kappa shape index (κ3) is 4.33. The molecule has 2 aromatic rings. The Morgan fingerprint density at radius 3 is 2.81 bits per heavy atom. The maximum absolute atomic E-state index is 12.8. The molecule has 1 aliphatic rings. The standard InChI is InChI=1S/C20H23N3O3/c1-26-17-9-5-6-15(12-17)14-22-20(25)23-11-10-21-19(24)13-18(23)16-7-3-2-4-8-16/h2-9,12,18H,10-11,13-14H2,1H3,(H,21,24)(H,22,25). The van der Waals surface area contributed by atoms with Crippen LogP contribution in [0.2, 0.25) is 0 Å². The fourth-order valence-electron chi connectivity index (χ4n) is 3.11. The van der Waals surface area contributed by atoms with Crippen LogP contribution < -0.4 is 15.4 Å². The Kier molecular flexibility index (Phi) is 5.73. The molecule has 1 unspecified atom stereocenters. The summed E-state index contributed by atoms with van der Waals surface area (Å²) >= 11 is 0. The molecule has 1 aliphatic heterocycles. The molecule has 136 valence electrons. The summed E-state index contributed by atoms with van der Waals surface area (Å²) in [6.07, 6.45) is 0.261. The number of ether oxygens (including phenoxy) is 1. The van der Waals surface area contributed by atoms with E-state index in [-0.39, 0.29) is 24.4 Å². The Bertz CT molecular complexity index is 764. The lowest BCUT2D eigenvalue weighted by atomic mass is 10.0. The van der Waals surface area contributed by atoms with Crippen LogP contribution in [-0.2, 0) is 11.3 Å². The van der Waals surface area contributed by atoms with E-state index in [0.29, 0.717) is 19.6 Å². The van der Waals surface area contributed by atoms with Crippen molar-refractivity contribution < 1.29 is 14.3 Å². The third-order valence-corrected chi connectivity index (χ3v) is 4.45. The molecule has 1 saturated heterocycles. The van der Waals surface area contributed by atoms with Crippen LogP contribution in [0.3, 0.4) is 0 Å². The monoisotopic (exact) mass is 353 g/mol. The van der Waals surface area contributed by atoms with E-state index in [1.165, 1.54) is 0 Å². The minimum atomic E-state index is -0.274. The highest BCUT2D eigenvalue weighted by Gasteiger charge is 2.29. The highest BCUT2D eigenvalue weighted by Crippen LogP contribution is 2.25. The zero-order valence-corrected chi connectivity index (χ0v) is 14.8. The van der Waals surface area contributed by atoms with Gasteiger partial charge in [0.25, 0.3) is 0 Å². The van der Waals surface area contributed by atoms with Crippen LogP contribution in [0.15, 0.2) is 54.6 Å². The van der Waals surface area contributed by atoms with E-state index in [4.69, 9.17) is 4.74 Å². The summed E-state index contributed by atoms with van der Waals surface area (Å²) < 4.78 is 5.21. The van der Waals surface area contributed by atoms with Crippen molar-refractivity contribution in [2.45, 2.75) is 19.0 Å². The number of nitrogens with zero attached hydrogens (tertiary/aromatic N) is 1. The SMILES string of the molecule is COc1cccc(CNC(=O)N2CCNC(=O)CC2c2ccccc2)c1. The second-order valence-corrected chi connectivity index (χ2v) is 6.18. The second-order valence-electron chi connectivity index (χ2n) is 6.18. The van der Waals surface area contributed by atoms with E-state index < -0.39 is 0 Å². The molecule has 26 heavy (non-hydrogen) atoms. The maximum atomic E-state index is 12.8. The van der Waals surface area contributed by atoms with Crippen LogP contribution >= 0.6 is 0 Å². The van der Waals surface area contributed by atoms with E-state index in [9.17, 15) is 9.59 Å². The quantitative estimate of drug-likeness (QED) is 0.887. The van der Waals surface area contributed by atoms with Gasteiger partial charge in [-0.3, -0.25) is 4.79 Å².